The molecule has 98 valence electrons. The second-order valence-electron chi connectivity index (χ2n) is 4.79. The Morgan fingerprint density at radius 1 is 1.11 bits per heavy atom. The quantitative estimate of drug-likeness (QED) is 0.611. The van der Waals surface area contributed by atoms with Gasteiger partial charge in [-0.3, -0.25) is 0 Å². The van der Waals surface area contributed by atoms with E-state index in [1.54, 1.807) is 0 Å². The van der Waals surface area contributed by atoms with Crippen LogP contribution in [0.5, 0.6) is 0 Å². The Bertz CT molecular complexity index is 603. The molecular weight excluding hydrogens is 236 g/mol. The number of azo groups is 1. The summed E-state index contributed by atoms with van der Waals surface area (Å²) in [5.41, 5.74) is 4.04. The van der Waals surface area contributed by atoms with Gasteiger partial charge in [-0.25, -0.2) is 4.57 Å². The van der Waals surface area contributed by atoms with E-state index >= 15 is 0 Å². The molecule has 2 aromatic rings. The number of aryl methyl sites for hydroxylation is 2. The number of aromatic nitrogens is 1. The molecule has 0 aliphatic heterocycles. The maximum Gasteiger partial charge on any atom is 0.196 e. The van der Waals surface area contributed by atoms with Gasteiger partial charge in [0.25, 0.3) is 0 Å². The van der Waals surface area contributed by atoms with Gasteiger partial charge in [0.2, 0.25) is 0 Å². The Balaban J connectivity index is 2.24. The first-order chi connectivity index (χ1) is 9.06. The summed E-state index contributed by atoms with van der Waals surface area (Å²) in [7, 11) is 6.02. The highest BCUT2D eigenvalue weighted by Crippen LogP contribution is 2.25. The van der Waals surface area contributed by atoms with Crippen LogP contribution in [0.4, 0.5) is 17.1 Å². The monoisotopic (exact) mass is 255 g/mol. The molecule has 0 saturated carbocycles. The number of hydrogen-bond acceptors (Lipinski definition) is 3. The average molecular weight is 255 g/mol. The maximum absolute atomic E-state index is 4.31. The van der Waals surface area contributed by atoms with E-state index in [2.05, 4.69) is 21.2 Å². The fourth-order valence-electron chi connectivity index (χ4n) is 1.77. The van der Waals surface area contributed by atoms with Crippen molar-refractivity contribution in [3.05, 3.63) is 48.3 Å². The first kappa shape index (κ1) is 13.2. The predicted molar refractivity (Wildman–Crippen MR) is 77.3 cm³/mol. The summed E-state index contributed by atoms with van der Waals surface area (Å²) in [5.74, 6) is 0. The molecule has 0 saturated heterocycles. The van der Waals surface area contributed by atoms with Crippen molar-refractivity contribution in [2.24, 2.45) is 17.3 Å². The first-order valence-electron chi connectivity index (χ1n) is 6.21. The number of hydrogen-bond donors (Lipinski definition) is 0. The molecule has 0 atom stereocenters. The highest BCUT2D eigenvalue weighted by Gasteiger charge is 2.01. The molecule has 19 heavy (non-hydrogen) atoms. The van der Waals surface area contributed by atoms with E-state index in [1.807, 2.05) is 69.3 Å². The molecule has 0 unspecified atom stereocenters. The van der Waals surface area contributed by atoms with E-state index < -0.39 is 0 Å². The maximum atomic E-state index is 4.31. The number of anilines is 1. The zero-order valence-corrected chi connectivity index (χ0v) is 11.8. The molecule has 1 aromatic carbocycles. The summed E-state index contributed by atoms with van der Waals surface area (Å²) in [6.45, 7) is 2.05. The summed E-state index contributed by atoms with van der Waals surface area (Å²) in [6, 6.07) is 10.0. The zero-order chi connectivity index (χ0) is 13.8. The summed E-state index contributed by atoms with van der Waals surface area (Å²) >= 11 is 0. The van der Waals surface area contributed by atoms with Gasteiger partial charge in [0.05, 0.1) is 5.69 Å². The number of pyridine rings is 1. The van der Waals surface area contributed by atoms with Crippen molar-refractivity contribution >= 4 is 17.1 Å². The molecule has 0 N–H and O–H groups in total. The molecule has 0 radical (unpaired) electrons. The van der Waals surface area contributed by atoms with Crippen LogP contribution in [0.3, 0.4) is 0 Å². The van der Waals surface area contributed by atoms with Crippen molar-refractivity contribution in [2.75, 3.05) is 19.0 Å². The SMILES string of the molecule is Cc1cc(N(C)C)ccc1N=Nc1ccc[n+](C)c1. The highest BCUT2D eigenvalue weighted by molar-refractivity contribution is 5.57. The Morgan fingerprint density at radius 2 is 1.89 bits per heavy atom. The van der Waals surface area contributed by atoms with E-state index in [1.165, 1.54) is 5.69 Å². The van der Waals surface area contributed by atoms with Crippen molar-refractivity contribution in [1.82, 2.24) is 0 Å². The summed E-state index contributed by atoms with van der Waals surface area (Å²) < 4.78 is 1.95. The van der Waals surface area contributed by atoms with Crippen molar-refractivity contribution in [3.8, 4) is 0 Å². The molecule has 0 fully saturated rings. The lowest BCUT2D eigenvalue weighted by Gasteiger charge is -2.13. The lowest BCUT2D eigenvalue weighted by atomic mass is 10.2. The third-order valence-electron chi connectivity index (χ3n) is 2.89. The predicted octanol–water partition coefficient (Wildman–Crippen LogP) is 3.30. The Kier molecular flexibility index (Phi) is 3.90. The molecule has 0 amide bonds. The van der Waals surface area contributed by atoms with Crippen LogP contribution in [0.25, 0.3) is 0 Å². The standard InChI is InChI=1S/C15H19N4/c1-12-10-14(18(2)3)7-8-15(12)17-16-13-6-5-9-19(4)11-13/h5-11H,1-4H3/q+1. The largest absolute Gasteiger partial charge is 0.378 e. The van der Waals surface area contributed by atoms with Gasteiger partial charge in [0, 0.05) is 25.8 Å². The molecule has 2 rings (SSSR count). The van der Waals surface area contributed by atoms with Gasteiger partial charge in [-0.15, -0.1) is 5.11 Å². The Labute approximate surface area is 114 Å². The zero-order valence-electron chi connectivity index (χ0n) is 11.8. The molecule has 0 aliphatic carbocycles. The minimum Gasteiger partial charge on any atom is -0.378 e. The first-order valence-corrected chi connectivity index (χ1v) is 6.21. The minimum absolute atomic E-state index is 0.848. The van der Waals surface area contributed by atoms with Crippen LogP contribution < -0.4 is 9.47 Å². The molecule has 1 aromatic heterocycles. The molecule has 0 aliphatic rings. The smallest absolute Gasteiger partial charge is 0.196 e. The number of benzene rings is 1. The fraction of sp³-hybridized carbons (Fsp3) is 0.267. The van der Waals surface area contributed by atoms with Crippen LogP contribution in [0.15, 0.2) is 53.0 Å². The summed E-state index contributed by atoms with van der Waals surface area (Å²) in [4.78, 5) is 2.07. The molecule has 0 spiro atoms. The van der Waals surface area contributed by atoms with Crippen molar-refractivity contribution < 1.29 is 4.57 Å². The van der Waals surface area contributed by atoms with Crippen LogP contribution >= 0.6 is 0 Å². The van der Waals surface area contributed by atoms with E-state index in [-0.39, 0.29) is 0 Å². The summed E-state index contributed by atoms with van der Waals surface area (Å²) in [6.07, 6.45) is 3.91. The van der Waals surface area contributed by atoms with E-state index in [4.69, 9.17) is 0 Å². The van der Waals surface area contributed by atoms with Crippen LogP contribution in [-0.4, -0.2) is 14.1 Å². The van der Waals surface area contributed by atoms with Gasteiger partial charge in [-0.2, -0.15) is 5.11 Å². The Hall–Kier alpha value is -2.23. The van der Waals surface area contributed by atoms with Crippen LogP contribution in [0, 0.1) is 6.92 Å². The second kappa shape index (κ2) is 5.61. The molecular formula is C15H19N4+. The number of rotatable bonds is 3. The third-order valence-corrected chi connectivity index (χ3v) is 2.89. The lowest BCUT2D eigenvalue weighted by Crippen LogP contribution is -2.25. The molecule has 4 nitrogen and oxygen atoms in total. The van der Waals surface area contributed by atoms with Crippen molar-refractivity contribution in [1.29, 1.82) is 0 Å². The fourth-order valence-corrected chi connectivity index (χ4v) is 1.77. The van der Waals surface area contributed by atoms with Gasteiger partial charge in [0.15, 0.2) is 12.4 Å². The highest BCUT2D eigenvalue weighted by atomic mass is 15.1. The second-order valence-corrected chi connectivity index (χ2v) is 4.79. The van der Waals surface area contributed by atoms with E-state index in [0.29, 0.717) is 0 Å². The minimum atomic E-state index is 0.848. The van der Waals surface area contributed by atoms with E-state index in [9.17, 15) is 0 Å². The van der Waals surface area contributed by atoms with Crippen LogP contribution in [0.2, 0.25) is 0 Å². The number of nitrogens with zero attached hydrogens (tertiary/aromatic N) is 4. The summed E-state index contributed by atoms with van der Waals surface area (Å²) in [5, 5.41) is 8.57. The van der Waals surface area contributed by atoms with Gasteiger partial charge in [-0.05, 0) is 36.8 Å². The van der Waals surface area contributed by atoms with E-state index in [0.717, 1.165) is 16.9 Å². The van der Waals surface area contributed by atoms with Gasteiger partial charge in [0.1, 0.15) is 12.7 Å². The van der Waals surface area contributed by atoms with Gasteiger partial charge >= 0.3 is 0 Å². The van der Waals surface area contributed by atoms with Crippen LogP contribution in [0.1, 0.15) is 5.56 Å². The lowest BCUT2D eigenvalue weighted by molar-refractivity contribution is -0.670. The topological polar surface area (TPSA) is 31.8 Å². The normalized spacial score (nSPS) is 10.9. The van der Waals surface area contributed by atoms with Crippen molar-refractivity contribution in [3.63, 3.8) is 0 Å². The third kappa shape index (κ3) is 3.37. The van der Waals surface area contributed by atoms with Gasteiger partial charge < -0.3 is 4.90 Å². The molecule has 1 heterocycles. The van der Waals surface area contributed by atoms with Crippen LogP contribution in [-0.2, 0) is 7.05 Å². The van der Waals surface area contributed by atoms with Crippen molar-refractivity contribution in [2.45, 2.75) is 6.92 Å². The Morgan fingerprint density at radius 3 is 2.53 bits per heavy atom. The average Bonchev–Trinajstić information content (AvgIpc) is 2.37. The molecule has 0 bridgehead atoms. The van der Waals surface area contributed by atoms with Gasteiger partial charge in [-0.1, -0.05) is 0 Å². The molecule has 4 heteroatoms.